The molecule has 0 saturated heterocycles. The summed E-state index contributed by atoms with van der Waals surface area (Å²) in [6.07, 6.45) is 1.74. The van der Waals surface area contributed by atoms with Gasteiger partial charge in [0.15, 0.2) is 5.13 Å². The van der Waals surface area contributed by atoms with Crippen LogP contribution in [0, 0.1) is 0 Å². The molecule has 4 rings (SSSR count). The first kappa shape index (κ1) is 16.0. The van der Waals surface area contributed by atoms with Crippen LogP contribution in [-0.2, 0) is 12.8 Å². The maximum absolute atomic E-state index is 12.6. The number of H-pyrrole nitrogens is 1. The fourth-order valence-corrected chi connectivity index (χ4v) is 3.99. The van der Waals surface area contributed by atoms with Gasteiger partial charge in [-0.25, -0.2) is 4.98 Å². The van der Waals surface area contributed by atoms with E-state index in [1.165, 1.54) is 11.3 Å². The van der Waals surface area contributed by atoms with Crippen LogP contribution in [0.5, 0.6) is 5.75 Å². The second kappa shape index (κ2) is 6.09. The number of nitrogens with one attached hydrogen (secondary N) is 2. The lowest BCUT2D eigenvalue weighted by Crippen LogP contribution is -2.13. The first-order valence-corrected chi connectivity index (χ1v) is 8.87. The second-order valence-electron chi connectivity index (χ2n) is 5.71. The number of rotatable bonds is 3. The maximum atomic E-state index is 12.6. The Bertz CT molecular complexity index is 979. The number of hydrogen-bond acceptors (Lipinski definition) is 5. The lowest BCUT2D eigenvalue weighted by Gasteiger charge is -2.10. The summed E-state index contributed by atoms with van der Waals surface area (Å²) in [5, 5.41) is 3.90. The number of amides is 1. The van der Waals surface area contributed by atoms with Crippen molar-refractivity contribution in [2.75, 3.05) is 18.2 Å². The lowest BCUT2D eigenvalue weighted by molar-refractivity contribution is 0.102. The van der Waals surface area contributed by atoms with Crippen LogP contribution < -0.4 is 15.8 Å². The zero-order chi connectivity index (χ0) is 17.6. The fourth-order valence-electron chi connectivity index (χ4n) is 2.98. The van der Waals surface area contributed by atoms with E-state index in [1.807, 2.05) is 6.07 Å². The summed E-state index contributed by atoms with van der Waals surface area (Å²) in [7, 11) is 1.54. The Balaban J connectivity index is 1.65. The van der Waals surface area contributed by atoms with Gasteiger partial charge in [0.05, 0.1) is 18.5 Å². The van der Waals surface area contributed by atoms with Gasteiger partial charge in [-0.3, -0.25) is 4.79 Å². The largest absolute Gasteiger partial charge is 0.495 e. The summed E-state index contributed by atoms with van der Waals surface area (Å²) in [4.78, 5) is 21.4. The Morgan fingerprint density at radius 3 is 3.04 bits per heavy atom. The Morgan fingerprint density at radius 1 is 1.40 bits per heavy atom. The van der Waals surface area contributed by atoms with Crippen molar-refractivity contribution in [2.24, 2.45) is 0 Å². The van der Waals surface area contributed by atoms with E-state index in [-0.39, 0.29) is 5.91 Å². The van der Waals surface area contributed by atoms with Crippen molar-refractivity contribution >= 4 is 39.7 Å². The van der Waals surface area contributed by atoms with Crippen LogP contribution in [0.2, 0.25) is 5.02 Å². The summed E-state index contributed by atoms with van der Waals surface area (Å²) in [6.45, 7) is 0. The molecule has 25 heavy (non-hydrogen) atoms. The number of aryl methyl sites for hydroxylation is 2. The van der Waals surface area contributed by atoms with E-state index < -0.39 is 0 Å². The van der Waals surface area contributed by atoms with Crippen molar-refractivity contribution in [3.63, 3.8) is 0 Å². The summed E-state index contributed by atoms with van der Waals surface area (Å²) in [6, 6.07) is 6.93. The highest BCUT2D eigenvalue weighted by molar-refractivity contribution is 7.15. The molecule has 0 spiro atoms. The van der Waals surface area contributed by atoms with Crippen LogP contribution in [0.25, 0.3) is 11.4 Å². The number of anilines is 2. The zero-order valence-electron chi connectivity index (χ0n) is 13.4. The Kier molecular flexibility index (Phi) is 3.89. The minimum atomic E-state index is -0.264. The number of ether oxygens (including phenoxy) is 1. The summed E-state index contributed by atoms with van der Waals surface area (Å²) in [5.41, 5.74) is 9.60. The summed E-state index contributed by atoms with van der Waals surface area (Å²) >= 11 is 7.51. The molecule has 2 heterocycles. The number of fused-ring (bicyclic) bond motifs is 3. The smallest absolute Gasteiger partial charge is 0.272 e. The quantitative estimate of drug-likeness (QED) is 0.651. The molecule has 3 aromatic rings. The van der Waals surface area contributed by atoms with E-state index in [9.17, 15) is 4.79 Å². The number of methoxy groups -OCH3 is 1. The third-order valence-electron chi connectivity index (χ3n) is 4.13. The molecule has 0 saturated carbocycles. The van der Waals surface area contributed by atoms with Crippen molar-refractivity contribution in [2.45, 2.75) is 12.8 Å². The third kappa shape index (κ3) is 2.85. The minimum absolute atomic E-state index is 0.264. The SMILES string of the molecule is COc1ccc(Cl)cc1NC(=O)c1cc2c([nH]1)-c1nc(N)sc1CC2. The van der Waals surface area contributed by atoms with Crippen LogP contribution in [0.4, 0.5) is 10.8 Å². The molecule has 0 bridgehead atoms. The highest BCUT2D eigenvalue weighted by Crippen LogP contribution is 2.37. The highest BCUT2D eigenvalue weighted by atomic mass is 35.5. The molecule has 6 nitrogen and oxygen atoms in total. The Labute approximate surface area is 153 Å². The maximum Gasteiger partial charge on any atom is 0.272 e. The first-order valence-electron chi connectivity index (χ1n) is 7.67. The molecule has 1 aliphatic rings. The molecule has 8 heteroatoms. The molecule has 4 N–H and O–H groups in total. The number of carbonyl (C=O) groups is 1. The van der Waals surface area contributed by atoms with Gasteiger partial charge >= 0.3 is 0 Å². The molecule has 1 aliphatic carbocycles. The van der Waals surface area contributed by atoms with Gasteiger partial charge in [0.1, 0.15) is 17.1 Å². The summed E-state index contributed by atoms with van der Waals surface area (Å²) < 4.78 is 5.26. The fraction of sp³-hybridized carbons (Fsp3) is 0.176. The van der Waals surface area contributed by atoms with Crippen molar-refractivity contribution in [3.05, 3.63) is 45.4 Å². The minimum Gasteiger partial charge on any atom is -0.495 e. The normalized spacial score (nSPS) is 12.4. The average Bonchev–Trinajstić information content (AvgIpc) is 3.17. The van der Waals surface area contributed by atoms with Gasteiger partial charge in [-0.15, -0.1) is 11.3 Å². The van der Waals surface area contributed by atoms with Gasteiger partial charge < -0.3 is 20.8 Å². The van der Waals surface area contributed by atoms with E-state index in [4.69, 9.17) is 22.1 Å². The number of nitrogens with two attached hydrogens (primary N) is 1. The molecule has 0 atom stereocenters. The number of benzene rings is 1. The summed E-state index contributed by atoms with van der Waals surface area (Å²) in [5.74, 6) is 0.281. The van der Waals surface area contributed by atoms with Gasteiger partial charge in [-0.2, -0.15) is 0 Å². The Hall–Kier alpha value is -2.51. The van der Waals surface area contributed by atoms with Crippen LogP contribution >= 0.6 is 22.9 Å². The number of aromatic amines is 1. The molecule has 0 fully saturated rings. The molecule has 2 aromatic heterocycles. The number of carbonyl (C=O) groups excluding carboxylic acids is 1. The van der Waals surface area contributed by atoms with Gasteiger partial charge in [0, 0.05) is 9.90 Å². The van der Waals surface area contributed by atoms with E-state index in [1.54, 1.807) is 25.3 Å². The van der Waals surface area contributed by atoms with E-state index in [2.05, 4.69) is 15.3 Å². The number of halogens is 1. The number of hydrogen-bond donors (Lipinski definition) is 3. The van der Waals surface area contributed by atoms with E-state index in [0.717, 1.165) is 34.7 Å². The van der Waals surface area contributed by atoms with Crippen molar-refractivity contribution in [1.29, 1.82) is 0 Å². The standard InChI is InChI=1S/C17H15ClN4O2S/c1-24-12-4-3-9(18)7-10(12)21-16(23)11-6-8-2-5-13-15(14(8)20-11)22-17(19)25-13/h3-4,6-7,20H,2,5H2,1H3,(H2,19,22)(H,21,23). The predicted octanol–water partition coefficient (Wildman–Crippen LogP) is 3.73. The molecule has 0 radical (unpaired) electrons. The predicted molar refractivity (Wildman–Crippen MR) is 99.7 cm³/mol. The van der Waals surface area contributed by atoms with Gasteiger partial charge in [-0.1, -0.05) is 11.6 Å². The number of nitrogens with zero attached hydrogens (tertiary/aromatic N) is 1. The third-order valence-corrected chi connectivity index (χ3v) is 5.31. The van der Waals surface area contributed by atoms with Crippen molar-refractivity contribution in [3.8, 4) is 17.1 Å². The topological polar surface area (TPSA) is 93.0 Å². The monoisotopic (exact) mass is 374 g/mol. The van der Waals surface area contributed by atoms with Crippen LogP contribution in [0.1, 0.15) is 20.9 Å². The van der Waals surface area contributed by atoms with Gasteiger partial charge in [0.2, 0.25) is 0 Å². The zero-order valence-corrected chi connectivity index (χ0v) is 14.9. The molecule has 128 valence electrons. The number of aromatic nitrogens is 2. The number of thiazole rings is 1. The molecular weight excluding hydrogens is 360 g/mol. The van der Waals surface area contributed by atoms with Crippen LogP contribution in [0.15, 0.2) is 24.3 Å². The number of nitrogen functional groups attached to an aromatic ring is 1. The van der Waals surface area contributed by atoms with Crippen molar-refractivity contribution in [1.82, 2.24) is 9.97 Å². The van der Waals surface area contributed by atoms with Crippen molar-refractivity contribution < 1.29 is 9.53 Å². The highest BCUT2D eigenvalue weighted by Gasteiger charge is 2.24. The van der Waals surface area contributed by atoms with Crippen LogP contribution in [-0.4, -0.2) is 23.0 Å². The van der Waals surface area contributed by atoms with E-state index in [0.29, 0.717) is 27.3 Å². The Morgan fingerprint density at radius 2 is 2.24 bits per heavy atom. The van der Waals surface area contributed by atoms with Gasteiger partial charge in [-0.05, 0) is 42.7 Å². The lowest BCUT2D eigenvalue weighted by atomic mass is 10.0. The average molecular weight is 375 g/mol. The first-order chi connectivity index (χ1) is 12.0. The molecule has 0 unspecified atom stereocenters. The second-order valence-corrected chi connectivity index (χ2v) is 7.26. The molecule has 1 amide bonds. The van der Waals surface area contributed by atoms with Gasteiger partial charge in [0.25, 0.3) is 5.91 Å². The van der Waals surface area contributed by atoms with E-state index >= 15 is 0 Å². The van der Waals surface area contributed by atoms with Crippen LogP contribution in [0.3, 0.4) is 0 Å². The molecular formula is C17H15ClN4O2S. The molecule has 0 aliphatic heterocycles. The molecule has 1 aromatic carbocycles.